The molecule has 1 rings (SSSR count). The Labute approximate surface area is 131 Å². The van der Waals surface area contributed by atoms with Crippen LogP contribution in [0.25, 0.3) is 0 Å². The highest BCUT2D eigenvalue weighted by atomic mass is 32.2. The van der Waals surface area contributed by atoms with Crippen LogP contribution in [0.15, 0.2) is 0 Å². The fourth-order valence-corrected chi connectivity index (χ4v) is 3.02. The van der Waals surface area contributed by atoms with E-state index in [4.69, 9.17) is 5.11 Å². The van der Waals surface area contributed by atoms with Gasteiger partial charge in [0.25, 0.3) is 0 Å². The third kappa shape index (κ3) is 6.61. The van der Waals surface area contributed by atoms with Crippen LogP contribution >= 0.6 is 0 Å². The first kappa shape index (κ1) is 18.7. The number of aliphatic carboxylic acids is 1. The molecule has 3 N–H and O–H groups in total. The number of sulfonamides is 1. The molecule has 1 saturated carbocycles. The first-order valence-corrected chi connectivity index (χ1v) is 9.05. The van der Waals surface area contributed by atoms with E-state index in [1.54, 1.807) is 0 Å². The molecule has 0 heterocycles. The predicted octanol–water partition coefficient (Wildman–Crippen LogP) is 0.0680. The van der Waals surface area contributed by atoms with Gasteiger partial charge in [-0.2, -0.15) is 0 Å². The first-order valence-electron chi connectivity index (χ1n) is 7.40. The minimum atomic E-state index is -3.39. The van der Waals surface area contributed by atoms with Crippen molar-refractivity contribution in [2.75, 3.05) is 32.4 Å². The number of urea groups is 1. The van der Waals surface area contributed by atoms with Crippen molar-refractivity contribution < 1.29 is 23.1 Å². The van der Waals surface area contributed by atoms with Gasteiger partial charge in [-0.3, -0.25) is 4.79 Å². The van der Waals surface area contributed by atoms with Crippen molar-refractivity contribution in [1.29, 1.82) is 0 Å². The monoisotopic (exact) mass is 335 g/mol. The van der Waals surface area contributed by atoms with E-state index in [1.807, 2.05) is 0 Å². The van der Waals surface area contributed by atoms with Crippen molar-refractivity contribution in [2.24, 2.45) is 11.8 Å². The van der Waals surface area contributed by atoms with E-state index in [0.717, 1.165) is 19.3 Å². The molecule has 0 aliphatic heterocycles. The number of amides is 2. The highest BCUT2D eigenvalue weighted by Crippen LogP contribution is 2.25. The second-order valence-corrected chi connectivity index (χ2v) is 7.74. The number of rotatable bonds is 9. The van der Waals surface area contributed by atoms with Crippen LogP contribution < -0.4 is 10.0 Å². The minimum Gasteiger partial charge on any atom is -0.481 e. The molecule has 128 valence electrons. The van der Waals surface area contributed by atoms with E-state index < -0.39 is 27.9 Å². The highest BCUT2D eigenvalue weighted by Gasteiger charge is 2.21. The molecule has 0 aromatic rings. The van der Waals surface area contributed by atoms with Gasteiger partial charge in [0.1, 0.15) is 0 Å². The Morgan fingerprint density at radius 1 is 1.36 bits per heavy atom. The summed E-state index contributed by atoms with van der Waals surface area (Å²) in [5, 5.41) is 11.3. The zero-order valence-electron chi connectivity index (χ0n) is 13.0. The average molecular weight is 335 g/mol. The van der Waals surface area contributed by atoms with Crippen LogP contribution in [-0.4, -0.2) is 62.9 Å². The summed E-state index contributed by atoms with van der Waals surface area (Å²) in [4.78, 5) is 23.7. The molecular formula is C13H25N3O5S. The topological polar surface area (TPSA) is 116 Å². The van der Waals surface area contributed by atoms with Gasteiger partial charge >= 0.3 is 12.0 Å². The number of hydrogen-bond acceptors (Lipinski definition) is 4. The van der Waals surface area contributed by atoms with Gasteiger partial charge in [-0.15, -0.1) is 0 Å². The van der Waals surface area contributed by atoms with Crippen LogP contribution in [0.3, 0.4) is 0 Å². The van der Waals surface area contributed by atoms with Gasteiger partial charge in [0.05, 0.1) is 11.7 Å². The van der Waals surface area contributed by atoms with Crippen molar-refractivity contribution in [3.8, 4) is 0 Å². The maximum Gasteiger partial charge on any atom is 0.317 e. The molecule has 0 saturated heterocycles. The maximum atomic E-state index is 11.7. The van der Waals surface area contributed by atoms with Gasteiger partial charge < -0.3 is 15.3 Å². The Kier molecular flexibility index (Phi) is 7.08. The summed E-state index contributed by atoms with van der Waals surface area (Å²) in [5.74, 6) is -1.41. The third-order valence-electron chi connectivity index (χ3n) is 3.78. The molecule has 0 spiro atoms. The van der Waals surface area contributed by atoms with Crippen molar-refractivity contribution in [2.45, 2.75) is 26.2 Å². The molecule has 0 aromatic carbocycles. The predicted molar refractivity (Wildman–Crippen MR) is 82.0 cm³/mol. The van der Waals surface area contributed by atoms with Crippen LogP contribution in [0.1, 0.15) is 26.2 Å². The number of carbonyl (C=O) groups is 2. The lowest BCUT2D eigenvalue weighted by Gasteiger charge is -2.25. The SMILES string of the molecule is CC(CN(C)C(=O)NCCS(=O)(=O)NCC1CCC1)C(=O)O. The first-order chi connectivity index (χ1) is 10.2. The summed E-state index contributed by atoms with van der Waals surface area (Å²) in [6, 6.07) is -0.484. The zero-order valence-corrected chi connectivity index (χ0v) is 13.9. The average Bonchev–Trinajstić information content (AvgIpc) is 2.35. The summed E-state index contributed by atoms with van der Waals surface area (Å²) in [6.45, 7) is 2.02. The lowest BCUT2D eigenvalue weighted by atomic mass is 9.86. The quantitative estimate of drug-likeness (QED) is 0.551. The normalized spacial score (nSPS) is 16.6. The van der Waals surface area contributed by atoms with Crippen LogP contribution in [0.4, 0.5) is 4.79 Å². The van der Waals surface area contributed by atoms with Crippen LogP contribution in [0.2, 0.25) is 0 Å². The summed E-state index contributed by atoms with van der Waals surface area (Å²) in [5.41, 5.74) is 0. The largest absolute Gasteiger partial charge is 0.481 e. The summed E-state index contributed by atoms with van der Waals surface area (Å²) < 4.78 is 26.0. The van der Waals surface area contributed by atoms with E-state index in [2.05, 4.69) is 10.0 Å². The Bertz CT molecular complexity index is 490. The number of nitrogens with zero attached hydrogens (tertiary/aromatic N) is 1. The van der Waals surface area contributed by atoms with Crippen LogP contribution in [-0.2, 0) is 14.8 Å². The van der Waals surface area contributed by atoms with Gasteiger partial charge in [-0.05, 0) is 18.8 Å². The molecular weight excluding hydrogens is 310 g/mol. The molecule has 1 unspecified atom stereocenters. The Balaban J connectivity index is 2.23. The van der Waals surface area contributed by atoms with Crippen LogP contribution in [0, 0.1) is 11.8 Å². The molecule has 8 nitrogen and oxygen atoms in total. The van der Waals surface area contributed by atoms with E-state index >= 15 is 0 Å². The number of carboxylic acid groups (broad SMARTS) is 1. The lowest BCUT2D eigenvalue weighted by Crippen LogP contribution is -2.43. The Morgan fingerprint density at radius 3 is 2.50 bits per heavy atom. The molecule has 22 heavy (non-hydrogen) atoms. The van der Waals surface area contributed by atoms with Crippen molar-refractivity contribution in [1.82, 2.24) is 14.9 Å². The Hall–Kier alpha value is -1.35. The summed E-state index contributed by atoms with van der Waals surface area (Å²) in [7, 11) is -1.92. The van der Waals surface area contributed by atoms with Gasteiger partial charge in [0, 0.05) is 26.7 Å². The highest BCUT2D eigenvalue weighted by molar-refractivity contribution is 7.89. The molecule has 1 fully saturated rings. The molecule has 9 heteroatoms. The maximum absolute atomic E-state index is 11.7. The van der Waals surface area contributed by atoms with Gasteiger partial charge in [0.15, 0.2) is 0 Å². The van der Waals surface area contributed by atoms with Crippen molar-refractivity contribution in [3.05, 3.63) is 0 Å². The van der Waals surface area contributed by atoms with E-state index in [1.165, 1.54) is 18.9 Å². The molecule has 2 amide bonds. The molecule has 1 aliphatic rings. The van der Waals surface area contributed by atoms with E-state index in [0.29, 0.717) is 12.5 Å². The number of carbonyl (C=O) groups excluding carboxylic acids is 1. The molecule has 0 bridgehead atoms. The second-order valence-electron chi connectivity index (χ2n) is 5.82. The fraction of sp³-hybridized carbons (Fsp3) is 0.846. The minimum absolute atomic E-state index is 0.00930. The van der Waals surface area contributed by atoms with Crippen molar-refractivity contribution >= 4 is 22.0 Å². The summed E-state index contributed by atoms with van der Waals surface area (Å²) in [6.07, 6.45) is 3.28. The van der Waals surface area contributed by atoms with E-state index in [-0.39, 0.29) is 18.8 Å². The molecule has 1 aliphatic carbocycles. The van der Waals surface area contributed by atoms with Gasteiger partial charge in [-0.1, -0.05) is 13.3 Å². The zero-order chi connectivity index (χ0) is 16.8. The smallest absolute Gasteiger partial charge is 0.317 e. The van der Waals surface area contributed by atoms with Crippen molar-refractivity contribution in [3.63, 3.8) is 0 Å². The summed E-state index contributed by atoms with van der Waals surface area (Å²) >= 11 is 0. The molecule has 1 atom stereocenters. The number of nitrogens with one attached hydrogen (secondary N) is 2. The molecule has 0 radical (unpaired) electrons. The lowest BCUT2D eigenvalue weighted by molar-refractivity contribution is -0.141. The number of hydrogen-bond donors (Lipinski definition) is 3. The molecule has 0 aromatic heterocycles. The second kappa shape index (κ2) is 8.33. The Morgan fingerprint density at radius 2 is 2.00 bits per heavy atom. The van der Waals surface area contributed by atoms with Gasteiger partial charge in [-0.25, -0.2) is 17.9 Å². The fourth-order valence-electron chi connectivity index (χ4n) is 2.01. The standard InChI is InChI=1S/C13H25N3O5S/c1-10(12(17)18)9-16(2)13(19)14-6-7-22(20,21)15-8-11-4-3-5-11/h10-11,15H,3-9H2,1-2H3,(H,14,19)(H,17,18). The third-order valence-corrected chi connectivity index (χ3v) is 5.13. The van der Waals surface area contributed by atoms with Gasteiger partial charge in [0.2, 0.25) is 10.0 Å². The number of carboxylic acids is 1. The van der Waals surface area contributed by atoms with Crippen LogP contribution in [0.5, 0.6) is 0 Å². The van der Waals surface area contributed by atoms with E-state index in [9.17, 15) is 18.0 Å².